The van der Waals surface area contributed by atoms with Crippen LogP contribution in [0.5, 0.6) is 0 Å². The maximum Gasteiger partial charge on any atom is 0.338 e. The Labute approximate surface area is 116 Å². The van der Waals surface area contributed by atoms with E-state index in [1.165, 1.54) is 19.2 Å². The van der Waals surface area contributed by atoms with Crippen LogP contribution in [0.1, 0.15) is 27.9 Å². The number of esters is 1. The maximum absolute atomic E-state index is 11.6. The number of nitrogens with zero attached hydrogens (tertiary/aromatic N) is 1. The molecule has 19 heavy (non-hydrogen) atoms. The first kappa shape index (κ1) is 15.2. The van der Waals surface area contributed by atoms with Crippen LogP contribution in [0.15, 0.2) is 18.2 Å². The third-order valence-electron chi connectivity index (χ3n) is 2.64. The molecule has 1 rings (SSSR count). The van der Waals surface area contributed by atoms with Crippen LogP contribution in [0.3, 0.4) is 0 Å². The summed E-state index contributed by atoms with van der Waals surface area (Å²) in [6.07, 6.45) is 4.36. The highest BCUT2D eigenvalue weighted by atomic mass is 32.1. The molecule has 0 aliphatic carbocycles. The first-order valence-electron chi connectivity index (χ1n) is 5.66. The van der Waals surface area contributed by atoms with Gasteiger partial charge in [0.15, 0.2) is 0 Å². The molecule has 0 aliphatic heterocycles. The van der Waals surface area contributed by atoms with Crippen molar-refractivity contribution in [3.8, 4) is 0 Å². The van der Waals surface area contributed by atoms with Crippen LogP contribution < -0.4 is 0 Å². The van der Waals surface area contributed by atoms with Crippen molar-refractivity contribution in [2.75, 3.05) is 12.9 Å². The molecular formula is C13H15NO4S. The van der Waals surface area contributed by atoms with Crippen molar-refractivity contribution in [2.45, 2.75) is 13.3 Å². The van der Waals surface area contributed by atoms with Crippen LogP contribution in [0.25, 0.3) is 6.08 Å². The fourth-order valence-corrected chi connectivity index (χ4v) is 1.76. The van der Waals surface area contributed by atoms with Gasteiger partial charge in [-0.25, -0.2) is 4.79 Å². The molecule has 1 aromatic rings. The lowest BCUT2D eigenvalue weighted by atomic mass is 10.0. The maximum atomic E-state index is 11.6. The largest absolute Gasteiger partial charge is 0.465 e. The number of thiol groups is 1. The number of carbonyl (C=O) groups excluding carboxylic acids is 1. The summed E-state index contributed by atoms with van der Waals surface area (Å²) in [5.74, 6) is 0.110. The number of carbonyl (C=O) groups is 1. The number of non-ortho nitro benzene ring substituents is 1. The molecule has 0 saturated carbocycles. The van der Waals surface area contributed by atoms with E-state index < -0.39 is 10.9 Å². The molecule has 5 nitrogen and oxygen atoms in total. The summed E-state index contributed by atoms with van der Waals surface area (Å²) in [5.41, 5.74) is 1.38. The van der Waals surface area contributed by atoms with Gasteiger partial charge in [0, 0.05) is 12.1 Å². The van der Waals surface area contributed by atoms with Gasteiger partial charge in [0.1, 0.15) is 0 Å². The van der Waals surface area contributed by atoms with Crippen molar-refractivity contribution in [3.05, 3.63) is 45.0 Å². The minimum absolute atomic E-state index is 0.128. The first-order valence-corrected chi connectivity index (χ1v) is 6.29. The molecule has 0 radical (unpaired) electrons. The Morgan fingerprint density at radius 1 is 1.53 bits per heavy atom. The second-order valence-electron chi connectivity index (χ2n) is 3.87. The van der Waals surface area contributed by atoms with E-state index in [0.717, 1.165) is 6.42 Å². The number of allylic oxidation sites excluding steroid dienone is 1. The van der Waals surface area contributed by atoms with Gasteiger partial charge in [-0.15, -0.1) is 0 Å². The number of rotatable bonds is 5. The third-order valence-corrected chi connectivity index (χ3v) is 2.90. The zero-order valence-corrected chi connectivity index (χ0v) is 11.6. The third kappa shape index (κ3) is 3.82. The lowest BCUT2D eigenvalue weighted by Gasteiger charge is -2.07. The topological polar surface area (TPSA) is 69.4 Å². The van der Waals surface area contributed by atoms with Crippen molar-refractivity contribution in [2.24, 2.45) is 0 Å². The monoisotopic (exact) mass is 281 g/mol. The molecule has 0 spiro atoms. The first-order chi connectivity index (χ1) is 9.01. The predicted molar refractivity (Wildman–Crippen MR) is 76.7 cm³/mol. The van der Waals surface area contributed by atoms with Crippen LogP contribution >= 0.6 is 12.6 Å². The van der Waals surface area contributed by atoms with E-state index in [1.807, 2.05) is 6.08 Å². The molecule has 0 atom stereocenters. The van der Waals surface area contributed by atoms with E-state index in [9.17, 15) is 14.9 Å². The second kappa shape index (κ2) is 6.94. The number of ether oxygens (including phenoxy) is 1. The summed E-state index contributed by atoms with van der Waals surface area (Å²) in [4.78, 5) is 22.0. The van der Waals surface area contributed by atoms with Crippen LogP contribution in [0.2, 0.25) is 0 Å². The molecule has 0 aromatic heterocycles. The Morgan fingerprint density at radius 2 is 2.21 bits per heavy atom. The van der Waals surface area contributed by atoms with E-state index >= 15 is 0 Å². The highest BCUT2D eigenvalue weighted by molar-refractivity contribution is 7.80. The molecule has 0 aliphatic rings. The standard InChI is InChI=1S/C13H15NO4S/c1-9-10(5-3-4-6-19)7-11(14(16)17)8-12(9)13(15)18-2/h3,5,7-8,19H,4,6H2,1-2H3. The number of nitro benzene ring substituents is 1. The zero-order valence-electron chi connectivity index (χ0n) is 10.8. The molecular weight excluding hydrogens is 266 g/mol. The van der Waals surface area contributed by atoms with E-state index in [1.54, 1.807) is 13.0 Å². The number of hydrogen-bond acceptors (Lipinski definition) is 5. The molecule has 0 saturated heterocycles. The van der Waals surface area contributed by atoms with Crippen molar-refractivity contribution >= 4 is 30.4 Å². The fraction of sp³-hybridized carbons (Fsp3) is 0.308. The van der Waals surface area contributed by atoms with Gasteiger partial charge in [-0.3, -0.25) is 10.1 Å². The quantitative estimate of drug-likeness (QED) is 0.390. The SMILES string of the molecule is COC(=O)c1cc([N+](=O)[O-])cc(C=CCCS)c1C. The average Bonchev–Trinajstić information content (AvgIpc) is 2.39. The average molecular weight is 281 g/mol. The zero-order chi connectivity index (χ0) is 14.4. The van der Waals surface area contributed by atoms with Gasteiger partial charge in [-0.05, 0) is 30.2 Å². The molecule has 0 fully saturated rings. The van der Waals surface area contributed by atoms with Gasteiger partial charge in [0.2, 0.25) is 0 Å². The molecule has 0 amide bonds. The molecule has 0 bridgehead atoms. The minimum Gasteiger partial charge on any atom is -0.465 e. The van der Waals surface area contributed by atoms with Crippen LogP contribution in [-0.2, 0) is 4.74 Å². The van der Waals surface area contributed by atoms with Crippen molar-refractivity contribution < 1.29 is 14.5 Å². The van der Waals surface area contributed by atoms with Gasteiger partial charge >= 0.3 is 5.97 Å². The summed E-state index contributed by atoms with van der Waals surface area (Å²) in [6.45, 7) is 1.73. The number of methoxy groups -OCH3 is 1. The van der Waals surface area contributed by atoms with E-state index in [0.29, 0.717) is 16.9 Å². The number of hydrogen-bond donors (Lipinski definition) is 1. The van der Waals surface area contributed by atoms with Gasteiger partial charge < -0.3 is 4.74 Å². The van der Waals surface area contributed by atoms with Gasteiger partial charge in [0.05, 0.1) is 17.6 Å². The predicted octanol–water partition coefficient (Wildman–Crippen LogP) is 3.02. The normalized spacial score (nSPS) is 10.7. The smallest absolute Gasteiger partial charge is 0.338 e. The van der Waals surface area contributed by atoms with Crippen molar-refractivity contribution in [1.82, 2.24) is 0 Å². The van der Waals surface area contributed by atoms with Crippen LogP contribution in [0, 0.1) is 17.0 Å². The highest BCUT2D eigenvalue weighted by Crippen LogP contribution is 2.24. The Kier molecular flexibility index (Phi) is 5.57. The van der Waals surface area contributed by atoms with Crippen LogP contribution in [-0.4, -0.2) is 23.8 Å². The van der Waals surface area contributed by atoms with Crippen LogP contribution in [0.4, 0.5) is 5.69 Å². The molecule has 0 unspecified atom stereocenters. The van der Waals surface area contributed by atoms with Gasteiger partial charge in [0.25, 0.3) is 5.69 Å². The van der Waals surface area contributed by atoms with Gasteiger partial charge in [-0.1, -0.05) is 12.2 Å². The Balaban J connectivity index is 3.32. The molecule has 102 valence electrons. The summed E-state index contributed by atoms with van der Waals surface area (Å²) in [7, 11) is 1.25. The van der Waals surface area contributed by atoms with E-state index in [-0.39, 0.29) is 11.3 Å². The van der Waals surface area contributed by atoms with E-state index in [2.05, 4.69) is 17.4 Å². The molecule has 1 aromatic carbocycles. The summed E-state index contributed by atoms with van der Waals surface area (Å²) < 4.78 is 4.63. The van der Waals surface area contributed by atoms with E-state index in [4.69, 9.17) is 0 Å². The molecule has 0 heterocycles. The van der Waals surface area contributed by atoms with Gasteiger partial charge in [-0.2, -0.15) is 12.6 Å². The summed E-state index contributed by atoms with van der Waals surface area (Å²) in [6, 6.07) is 2.67. The minimum atomic E-state index is -0.579. The number of nitro groups is 1. The molecule has 6 heteroatoms. The Morgan fingerprint density at radius 3 is 2.74 bits per heavy atom. The summed E-state index contributed by atoms with van der Waals surface area (Å²) in [5, 5.41) is 10.9. The summed E-state index contributed by atoms with van der Waals surface area (Å²) >= 11 is 4.08. The number of benzene rings is 1. The second-order valence-corrected chi connectivity index (χ2v) is 4.32. The fourth-order valence-electron chi connectivity index (χ4n) is 1.61. The van der Waals surface area contributed by atoms with Crippen molar-refractivity contribution in [3.63, 3.8) is 0 Å². The Bertz CT molecular complexity index is 526. The lowest BCUT2D eigenvalue weighted by Crippen LogP contribution is -2.06. The lowest BCUT2D eigenvalue weighted by molar-refractivity contribution is -0.384. The Hall–Kier alpha value is -1.82. The van der Waals surface area contributed by atoms with Crippen molar-refractivity contribution in [1.29, 1.82) is 0 Å². The highest BCUT2D eigenvalue weighted by Gasteiger charge is 2.18. The molecule has 0 N–H and O–H groups in total.